The third-order valence-electron chi connectivity index (χ3n) is 6.86. The molecule has 1 N–H and O–H groups in total. The minimum atomic E-state index is -4.06. The fourth-order valence-corrected chi connectivity index (χ4v) is 6.00. The highest BCUT2D eigenvalue weighted by Gasteiger charge is 2.32. The van der Waals surface area contributed by atoms with Crippen LogP contribution >= 0.6 is 23.2 Å². The van der Waals surface area contributed by atoms with E-state index in [1.165, 1.54) is 17.0 Å². The maximum Gasteiger partial charge on any atom is 0.271 e. The Labute approximate surface area is 238 Å². The van der Waals surface area contributed by atoms with Crippen molar-refractivity contribution in [3.63, 3.8) is 0 Å². The van der Waals surface area contributed by atoms with Crippen LogP contribution in [0.15, 0.2) is 36.4 Å². The Morgan fingerprint density at radius 2 is 1.74 bits per heavy atom. The van der Waals surface area contributed by atoms with Crippen LogP contribution in [0.4, 0.5) is 11.4 Å². The number of hydrogen-bond donors (Lipinski definition) is 1. The molecule has 0 bridgehead atoms. The largest absolute Gasteiger partial charge is 0.352 e. The second-order valence-corrected chi connectivity index (χ2v) is 12.5. The standard InChI is InChI=1S/C26H32Cl2N4O6S/c1-17-12-13-20(32(35)36)14-24(17)31(39(3,37)38)16-25(33)30(15-21-22(27)10-7-11-23(21)28)18(2)26(34)29-19-8-5-4-6-9-19/h7,10-14,18-19H,4-6,8-9,15-16H2,1-3H3,(H,29,34). The zero-order chi connectivity index (χ0) is 28.9. The van der Waals surface area contributed by atoms with Crippen LogP contribution in [0.2, 0.25) is 10.0 Å². The number of rotatable bonds is 10. The molecular weight excluding hydrogens is 567 g/mol. The van der Waals surface area contributed by atoms with Crippen molar-refractivity contribution in [1.29, 1.82) is 0 Å². The molecule has 10 nitrogen and oxygen atoms in total. The SMILES string of the molecule is Cc1ccc([N+](=O)[O-])cc1N(CC(=O)N(Cc1c(Cl)cccc1Cl)C(C)C(=O)NC1CCCCC1)S(C)(=O)=O. The first kappa shape index (κ1) is 30.6. The fraction of sp³-hybridized carbons (Fsp3) is 0.462. The first-order valence-electron chi connectivity index (χ1n) is 12.5. The van der Waals surface area contributed by atoms with Crippen LogP contribution in [-0.4, -0.2) is 54.9 Å². The van der Waals surface area contributed by atoms with Crippen molar-refractivity contribution in [2.24, 2.45) is 0 Å². The number of hydrogen-bond acceptors (Lipinski definition) is 6. The molecule has 0 aliphatic heterocycles. The molecule has 39 heavy (non-hydrogen) atoms. The molecule has 212 valence electrons. The molecule has 1 unspecified atom stereocenters. The molecule has 2 aromatic rings. The third kappa shape index (κ3) is 7.83. The van der Waals surface area contributed by atoms with E-state index >= 15 is 0 Å². The number of halogens is 2. The molecule has 2 aromatic carbocycles. The van der Waals surface area contributed by atoms with E-state index in [4.69, 9.17) is 23.2 Å². The van der Waals surface area contributed by atoms with Crippen LogP contribution in [0, 0.1) is 17.0 Å². The van der Waals surface area contributed by atoms with Crippen molar-refractivity contribution >= 4 is 56.4 Å². The molecule has 1 fully saturated rings. The predicted molar refractivity (Wildman–Crippen MR) is 152 cm³/mol. The molecule has 2 amide bonds. The lowest BCUT2D eigenvalue weighted by atomic mass is 9.95. The Balaban J connectivity index is 1.98. The van der Waals surface area contributed by atoms with Crippen molar-refractivity contribution in [2.75, 3.05) is 17.1 Å². The molecule has 13 heteroatoms. The molecule has 0 heterocycles. The monoisotopic (exact) mass is 598 g/mol. The van der Waals surface area contributed by atoms with Crippen LogP contribution in [0.25, 0.3) is 0 Å². The summed E-state index contributed by atoms with van der Waals surface area (Å²) in [5, 5.41) is 14.9. The van der Waals surface area contributed by atoms with Gasteiger partial charge in [-0.15, -0.1) is 0 Å². The Morgan fingerprint density at radius 1 is 1.13 bits per heavy atom. The number of carbonyl (C=O) groups is 2. The number of nitro benzene ring substituents is 1. The lowest BCUT2D eigenvalue weighted by molar-refractivity contribution is -0.384. The molecule has 1 aliphatic carbocycles. The molecule has 3 rings (SSSR count). The van der Waals surface area contributed by atoms with E-state index in [9.17, 15) is 28.1 Å². The van der Waals surface area contributed by atoms with E-state index in [-0.39, 0.29) is 39.9 Å². The Morgan fingerprint density at radius 3 is 2.31 bits per heavy atom. The minimum absolute atomic E-state index is 0.00455. The van der Waals surface area contributed by atoms with Crippen molar-refractivity contribution in [2.45, 2.75) is 64.6 Å². The van der Waals surface area contributed by atoms with E-state index < -0.39 is 33.4 Å². The number of non-ortho nitro benzene ring substituents is 1. The molecule has 1 saturated carbocycles. The molecule has 0 aromatic heterocycles. The average Bonchev–Trinajstić information content (AvgIpc) is 2.87. The first-order valence-corrected chi connectivity index (χ1v) is 15.2. The van der Waals surface area contributed by atoms with Gasteiger partial charge in [0.2, 0.25) is 21.8 Å². The highest BCUT2D eigenvalue weighted by Crippen LogP contribution is 2.30. The van der Waals surface area contributed by atoms with Gasteiger partial charge in [0, 0.05) is 40.3 Å². The van der Waals surface area contributed by atoms with Gasteiger partial charge >= 0.3 is 0 Å². The number of carbonyl (C=O) groups excluding carboxylic acids is 2. The summed E-state index contributed by atoms with van der Waals surface area (Å²) < 4.78 is 26.5. The quantitative estimate of drug-likeness (QED) is 0.307. The topological polar surface area (TPSA) is 130 Å². The molecule has 0 saturated heterocycles. The van der Waals surface area contributed by atoms with Gasteiger partial charge in [0.25, 0.3) is 5.69 Å². The van der Waals surface area contributed by atoms with E-state index in [1.54, 1.807) is 32.0 Å². The zero-order valence-corrected chi connectivity index (χ0v) is 24.4. The summed E-state index contributed by atoms with van der Waals surface area (Å²) in [5.74, 6) is -1.08. The van der Waals surface area contributed by atoms with Crippen molar-refractivity contribution in [1.82, 2.24) is 10.2 Å². The number of nitro groups is 1. The number of anilines is 1. The number of sulfonamides is 1. The van der Waals surface area contributed by atoms with Crippen LogP contribution in [0.1, 0.15) is 50.2 Å². The first-order chi connectivity index (χ1) is 18.3. The Hall–Kier alpha value is -2.89. The van der Waals surface area contributed by atoms with Gasteiger partial charge < -0.3 is 10.2 Å². The van der Waals surface area contributed by atoms with E-state index in [1.807, 2.05) is 0 Å². The fourth-order valence-electron chi connectivity index (χ4n) is 4.58. The highest BCUT2D eigenvalue weighted by atomic mass is 35.5. The van der Waals surface area contributed by atoms with E-state index in [0.29, 0.717) is 11.1 Å². The van der Waals surface area contributed by atoms with Gasteiger partial charge in [-0.05, 0) is 44.4 Å². The summed E-state index contributed by atoms with van der Waals surface area (Å²) in [7, 11) is -4.06. The number of benzene rings is 2. The summed E-state index contributed by atoms with van der Waals surface area (Å²) in [5.41, 5.74) is 0.498. The molecule has 0 radical (unpaired) electrons. The highest BCUT2D eigenvalue weighted by molar-refractivity contribution is 7.92. The second kappa shape index (κ2) is 13.0. The molecule has 1 atom stereocenters. The number of aryl methyl sites for hydroxylation is 1. The summed E-state index contributed by atoms with van der Waals surface area (Å²) >= 11 is 12.7. The van der Waals surface area contributed by atoms with Crippen molar-refractivity contribution in [3.05, 3.63) is 67.7 Å². The smallest absolute Gasteiger partial charge is 0.271 e. The van der Waals surface area contributed by atoms with Crippen molar-refractivity contribution < 1.29 is 22.9 Å². The lowest BCUT2D eigenvalue weighted by Gasteiger charge is -2.33. The van der Waals surface area contributed by atoms with Gasteiger partial charge in [-0.1, -0.05) is 54.6 Å². The van der Waals surface area contributed by atoms with E-state index in [2.05, 4.69) is 5.32 Å². The maximum atomic E-state index is 13.8. The average molecular weight is 600 g/mol. The summed E-state index contributed by atoms with van der Waals surface area (Å²) in [4.78, 5) is 39.0. The van der Waals surface area contributed by atoms with Gasteiger partial charge in [0.1, 0.15) is 12.6 Å². The zero-order valence-electron chi connectivity index (χ0n) is 22.0. The van der Waals surface area contributed by atoms with Gasteiger partial charge in [-0.2, -0.15) is 0 Å². The minimum Gasteiger partial charge on any atom is -0.352 e. The summed E-state index contributed by atoms with van der Waals surface area (Å²) in [6, 6.07) is 7.64. The van der Waals surface area contributed by atoms with Crippen LogP contribution < -0.4 is 9.62 Å². The Kier molecular flexibility index (Phi) is 10.2. The Bertz CT molecular complexity index is 1330. The summed E-state index contributed by atoms with van der Waals surface area (Å²) in [6.07, 6.45) is 5.71. The van der Waals surface area contributed by atoms with E-state index in [0.717, 1.165) is 48.7 Å². The molecule has 0 spiro atoms. The van der Waals surface area contributed by atoms with Gasteiger partial charge in [-0.3, -0.25) is 24.0 Å². The van der Waals surface area contributed by atoms with Gasteiger partial charge in [-0.25, -0.2) is 8.42 Å². The van der Waals surface area contributed by atoms with Crippen LogP contribution in [0.5, 0.6) is 0 Å². The normalized spacial score (nSPS) is 14.9. The van der Waals surface area contributed by atoms with Crippen LogP contribution in [-0.2, 0) is 26.2 Å². The summed E-state index contributed by atoms with van der Waals surface area (Å²) in [6.45, 7) is 2.31. The maximum absolute atomic E-state index is 13.8. The van der Waals surface area contributed by atoms with Crippen molar-refractivity contribution in [3.8, 4) is 0 Å². The lowest BCUT2D eigenvalue weighted by Crippen LogP contribution is -2.53. The predicted octanol–water partition coefficient (Wildman–Crippen LogP) is 4.84. The van der Waals surface area contributed by atoms with Gasteiger partial charge in [0.15, 0.2) is 0 Å². The molecule has 1 aliphatic rings. The number of nitrogens with one attached hydrogen (secondary N) is 1. The number of amides is 2. The van der Waals surface area contributed by atoms with Gasteiger partial charge in [0.05, 0.1) is 16.9 Å². The number of nitrogens with zero attached hydrogens (tertiary/aromatic N) is 3. The third-order valence-corrected chi connectivity index (χ3v) is 8.70. The second-order valence-electron chi connectivity index (χ2n) is 9.74. The van der Waals surface area contributed by atoms with Crippen LogP contribution in [0.3, 0.4) is 0 Å². The molecular formula is C26H32Cl2N4O6S.